The van der Waals surface area contributed by atoms with E-state index in [0.717, 1.165) is 23.4 Å². The van der Waals surface area contributed by atoms with Gasteiger partial charge in [-0.25, -0.2) is 0 Å². The zero-order valence-corrected chi connectivity index (χ0v) is 15.1. The fourth-order valence-corrected chi connectivity index (χ4v) is 4.57. The maximum Gasteiger partial charge on any atom is 0.00926 e. The summed E-state index contributed by atoms with van der Waals surface area (Å²) in [4.78, 5) is 2.65. The molecule has 21 heavy (non-hydrogen) atoms. The summed E-state index contributed by atoms with van der Waals surface area (Å²) in [6, 6.07) is 2.32. The molecule has 124 valence electrons. The summed E-state index contributed by atoms with van der Waals surface area (Å²) >= 11 is 0. The lowest BCUT2D eigenvalue weighted by atomic mass is 9.57. The minimum absolute atomic E-state index is 0.649. The molecule has 2 heteroatoms. The van der Waals surface area contributed by atoms with Gasteiger partial charge in [0.15, 0.2) is 0 Å². The van der Waals surface area contributed by atoms with E-state index in [1.165, 1.54) is 57.9 Å². The van der Waals surface area contributed by atoms with Crippen LogP contribution in [0.2, 0.25) is 0 Å². The number of nitrogens with zero attached hydrogens (tertiary/aromatic N) is 1. The predicted molar refractivity (Wildman–Crippen MR) is 92.7 cm³/mol. The van der Waals surface area contributed by atoms with E-state index in [9.17, 15) is 0 Å². The summed E-state index contributed by atoms with van der Waals surface area (Å²) in [6.07, 6.45) is 11.5. The van der Waals surface area contributed by atoms with Crippen LogP contribution in [0.1, 0.15) is 79.1 Å². The Balaban J connectivity index is 1.65. The zero-order chi connectivity index (χ0) is 15.5. The Morgan fingerprint density at radius 1 is 1.10 bits per heavy atom. The van der Waals surface area contributed by atoms with Gasteiger partial charge in [0.05, 0.1) is 0 Å². The van der Waals surface area contributed by atoms with Crippen molar-refractivity contribution in [3.8, 4) is 0 Å². The number of rotatable bonds is 7. The molecule has 0 bridgehead atoms. The smallest absolute Gasteiger partial charge is 0.00926 e. The Morgan fingerprint density at radius 3 is 2.24 bits per heavy atom. The van der Waals surface area contributed by atoms with Gasteiger partial charge < -0.3 is 10.2 Å². The normalized spacial score (nSPS) is 33.1. The molecule has 0 aromatic carbocycles. The van der Waals surface area contributed by atoms with E-state index >= 15 is 0 Å². The lowest BCUT2D eigenvalue weighted by Gasteiger charge is -2.53. The summed E-state index contributed by atoms with van der Waals surface area (Å²) in [5.74, 6) is 0.855. The minimum Gasteiger partial charge on any atom is -0.312 e. The lowest BCUT2D eigenvalue weighted by molar-refractivity contribution is 0.00779. The molecule has 2 saturated carbocycles. The highest BCUT2D eigenvalue weighted by molar-refractivity contribution is 5.01. The maximum atomic E-state index is 3.71. The Bertz CT molecular complexity index is 295. The quantitative estimate of drug-likeness (QED) is 0.746. The first-order chi connectivity index (χ1) is 9.90. The van der Waals surface area contributed by atoms with Crippen molar-refractivity contribution >= 4 is 0 Å². The van der Waals surface area contributed by atoms with E-state index in [2.05, 4.69) is 45.0 Å². The monoisotopic (exact) mass is 294 g/mol. The van der Waals surface area contributed by atoms with Crippen LogP contribution >= 0.6 is 0 Å². The van der Waals surface area contributed by atoms with Gasteiger partial charge in [0.2, 0.25) is 0 Å². The van der Waals surface area contributed by atoms with Gasteiger partial charge in [0, 0.05) is 18.1 Å². The summed E-state index contributed by atoms with van der Waals surface area (Å²) < 4.78 is 0. The van der Waals surface area contributed by atoms with E-state index in [1.54, 1.807) is 0 Å². The van der Waals surface area contributed by atoms with Gasteiger partial charge in [-0.05, 0) is 76.3 Å². The average Bonchev–Trinajstić information content (AvgIpc) is 2.36. The van der Waals surface area contributed by atoms with Crippen molar-refractivity contribution in [2.45, 2.75) is 97.2 Å². The van der Waals surface area contributed by atoms with E-state index in [0.29, 0.717) is 6.04 Å². The Kier molecular flexibility index (Phi) is 6.14. The van der Waals surface area contributed by atoms with Crippen LogP contribution < -0.4 is 5.32 Å². The van der Waals surface area contributed by atoms with Crippen LogP contribution in [0.15, 0.2) is 0 Å². The molecule has 2 aliphatic rings. The van der Waals surface area contributed by atoms with Crippen molar-refractivity contribution in [3.63, 3.8) is 0 Å². The first kappa shape index (κ1) is 17.3. The molecule has 0 radical (unpaired) electrons. The molecule has 0 aromatic heterocycles. The molecule has 0 saturated heterocycles. The van der Waals surface area contributed by atoms with Gasteiger partial charge >= 0.3 is 0 Å². The molecule has 2 nitrogen and oxygen atoms in total. The first-order valence-electron chi connectivity index (χ1n) is 9.36. The van der Waals surface area contributed by atoms with Gasteiger partial charge in [0.1, 0.15) is 0 Å². The molecule has 0 aliphatic heterocycles. The van der Waals surface area contributed by atoms with Crippen LogP contribution in [0.4, 0.5) is 0 Å². The summed E-state index contributed by atoms with van der Waals surface area (Å²) in [5.41, 5.74) is 0.724. The molecule has 0 heterocycles. The molecule has 1 spiro atoms. The van der Waals surface area contributed by atoms with E-state index in [4.69, 9.17) is 0 Å². The molecular weight excluding hydrogens is 256 g/mol. The van der Waals surface area contributed by atoms with Crippen LogP contribution in [0.25, 0.3) is 0 Å². The molecule has 0 unspecified atom stereocenters. The fraction of sp³-hybridized carbons (Fsp3) is 1.00. The highest BCUT2D eigenvalue weighted by Gasteiger charge is 2.46. The summed E-state index contributed by atoms with van der Waals surface area (Å²) in [6.45, 7) is 10.5. The van der Waals surface area contributed by atoms with Crippen molar-refractivity contribution in [2.24, 2.45) is 11.3 Å². The molecule has 0 amide bonds. The maximum absolute atomic E-state index is 3.71. The third-order valence-electron chi connectivity index (χ3n) is 5.86. The number of hydrogen-bond acceptors (Lipinski definition) is 2. The highest BCUT2D eigenvalue weighted by atomic mass is 15.1. The zero-order valence-electron chi connectivity index (χ0n) is 15.1. The van der Waals surface area contributed by atoms with Gasteiger partial charge in [-0.1, -0.05) is 27.7 Å². The Morgan fingerprint density at radius 2 is 1.71 bits per heavy atom. The third kappa shape index (κ3) is 4.96. The molecule has 2 aliphatic carbocycles. The molecule has 2 fully saturated rings. The van der Waals surface area contributed by atoms with Crippen LogP contribution in [-0.4, -0.2) is 36.6 Å². The molecular formula is C19H38N2. The molecule has 2 rings (SSSR count). The van der Waals surface area contributed by atoms with Crippen LogP contribution in [-0.2, 0) is 0 Å². The second-order valence-corrected chi connectivity index (χ2v) is 8.67. The van der Waals surface area contributed by atoms with E-state index in [-0.39, 0.29) is 0 Å². The van der Waals surface area contributed by atoms with Gasteiger partial charge in [0.25, 0.3) is 0 Å². The minimum atomic E-state index is 0.649. The second-order valence-electron chi connectivity index (χ2n) is 8.67. The van der Waals surface area contributed by atoms with E-state index < -0.39 is 0 Å². The van der Waals surface area contributed by atoms with Crippen LogP contribution in [0, 0.1) is 11.3 Å². The predicted octanol–water partition coefficient (Wildman–Crippen LogP) is 4.44. The van der Waals surface area contributed by atoms with Crippen molar-refractivity contribution < 1.29 is 0 Å². The topological polar surface area (TPSA) is 15.3 Å². The number of hydrogen-bond donors (Lipinski definition) is 1. The van der Waals surface area contributed by atoms with Gasteiger partial charge in [-0.3, -0.25) is 0 Å². The van der Waals surface area contributed by atoms with Crippen LogP contribution in [0.5, 0.6) is 0 Å². The third-order valence-corrected chi connectivity index (χ3v) is 5.86. The second kappa shape index (κ2) is 7.46. The molecule has 0 aromatic rings. The SMILES string of the molecule is CC(C)CCCN(C)C1CCC2(CC1)CC(NC(C)C)C2. The van der Waals surface area contributed by atoms with Gasteiger partial charge in [-0.2, -0.15) is 0 Å². The highest BCUT2D eigenvalue weighted by Crippen LogP contribution is 2.52. The van der Waals surface area contributed by atoms with Gasteiger partial charge in [-0.15, -0.1) is 0 Å². The number of nitrogens with one attached hydrogen (secondary N) is 1. The lowest BCUT2D eigenvalue weighted by Crippen LogP contribution is -2.53. The Labute approximate surface area is 133 Å². The van der Waals surface area contributed by atoms with Crippen LogP contribution in [0.3, 0.4) is 0 Å². The van der Waals surface area contributed by atoms with Crippen molar-refractivity contribution in [2.75, 3.05) is 13.6 Å². The van der Waals surface area contributed by atoms with Crippen molar-refractivity contribution in [3.05, 3.63) is 0 Å². The molecule has 1 N–H and O–H groups in total. The first-order valence-corrected chi connectivity index (χ1v) is 9.36. The standard InChI is InChI=1S/C19H38N2/c1-15(2)7-6-12-21(5)18-8-10-19(11-9-18)13-17(14-19)20-16(3)4/h15-18,20H,6-14H2,1-5H3. The van der Waals surface area contributed by atoms with Crippen molar-refractivity contribution in [1.29, 1.82) is 0 Å². The average molecular weight is 295 g/mol. The largest absolute Gasteiger partial charge is 0.312 e. The fourth-order valence-electron chi connectivity index (χ4n) is 4.57. The van der Waals surface area contributed by atoms with E-state index in [1.807, 2.05) is 0 Å². The Hall–Kier alpha value is -0.0800. The summed E-state index contributed by atoms with van der Waals surface area (Å²) in [5, 5.41) is 3.71. The summed E-state index contributed by atoms with van der Waals surface area (Å²) in [7, 11) is 2.35. The van der Waals surface area contributed by atoms with Crippen molar-refractivity contribution in [1.82, 2.24) is 10.2 Å². The molecule has 0 atom stereocenters.